The molecular weight excluding hydrogens is 322 g/mol. The van der Waals surface area contributed by atoms with Gasteiger partial charge in [-0.25, -0.2) is 0 Å². The molecule has 2 aromatic rings. The van der Waals surface area contributed by atoms with Gasteiger partial charge in [0, 0.05) is 16.6 Å². The molecule has 0 spiro atoms. The van der Waals surface area contributed by atoms with Gasteiger partial charge in [-0.1, -0.05) is 36.7 Å². The number of aromatic nitrogens is 1. The van der Waals surface area contributed by atoms with E-state index in [2.05, 4.69) is 44.1 Å². The van der Waals surface area contributed by atoms with E-state index in [-0.39, 0.29) is 12.4 Å². The van der Waals surface area contributed by atoms with Crippen LogP contribution in [-0.4, -0.2) is 37.4 Å². The van der Waals surface area contributed by atoms with E-state index in [0.29, 0.717) is 6.61 Å². The molecule has 0 bridgehead atoms. The Balaban J connectivity index is 0.00000288. The molecule has 0 aliphatic rings. The highest BCUT2D eigenvalue weighted by atomic mass is 35.5. The zero-order valence-electron chi connectivity index (χ0n) is 14.9. The van der Waals surface area contributed by atoms with Crippen LogP contribution in [0.3, 0.4) is 0 Å². The number of para-hydroxylation sites is 1. The molecule has 5 heteroatoms. The van der Waals surface area contributed by atoms with Gasteiger partial charge in [0.2, 0.25) is 0 Å². The van der Waals surface area contributed by atoms with Crippen LogP contribution in [-0.2, 0) is 11.3 Å². The predicted octanol–water partition coefficient (Wildman–Crippen LogP) is -0.533. The lowest BCUT2D eigenvalue weighted by molar-refractivity contribution is -0.896. The van der Waals surface area contributed by atoms with Gasteiger partial charge in [0.05, 0.1) is 24.8 Å². The monoisotopic (exact) mass is 349 g/mol. The molecule has 4 nitrogen and oxygen atoms in total. The van der Waals surface area contributed by atoms with Crippen molar-refractivity contribution in [2.75, 3.05) is 26.2 Å². The summed E-state index contributed by atoms with van der Waals surface area (Å²) in [7, 11) is 0. The number of rotatable bonds is 9. The van der Waals surface area contributed by atoms with Gasteiger partial charge in [-0.15, -0.1) is 0 Å². The number of hydrogen-bond donors (Lipinski definition) is 1. The molecule has 132 valence electrons. The molecule has 1 aromatic carbocycles. The number of nitrogens with one attached hydrogen (secondary N) is 1. The fourth-order valence-electron chi connectivity index (χ4n) is 2.69. The lowest BCUT2D eigenvalue weighted by Gasteiger charge is -2.13. The molecule has 0 amide bonds. The standard InChI is InChI=1S/C19H27N3O.ClH/c1-4-9-17-14-16(18-10-7-8-11-19(18)21-17)15-20-23-13-12-22(5-2)6-3;/h7-8,10-11,14-15H,4-6,9,12-13H2,1-3H3;1H/b20-15+;. The number of oxime groups is 1. The van der Waals surface area contributed by atoms with Crippen LogP contribution in [0.15, 0.2) is 35.5 Å². The molecule has 0 atom stereocenters. The Morgan fingerprint density at radius 2 is 1.92 bits per heavy atom. The van der Waals surface area contributed by atoms with Gasteiger partial charge in [-0.05, 0) is 32.4 Å². The Morgan fingerprint density at radius 3 is 2.62 bits per heavy atom. The zero-order valence-corrected chi connectivity index (χ0v) is 15.6. The molecule has 0 saturated carbocycles. The molecule has 2 rings (SSSR count). The van der Waals surface area contributed by atoms with E-state index < -0.39 is 0 Å². The number of likely N-dealkylation sites (N-methyl/N-ethyl adjacent to an activating group) is 1. The van der Waals surface area contributed by atoms with E-state index in [9.17, 15) is 0 Å². The van der Waals surface area contributed by atoms with E-state index >= 15 is 0 Å². The van der Waals surface area contributed by atoms with Gasteiger partial charge in [0.25, 0.3) is 0 Å². The molecule has 0 fully saturated rings. The lowest BCUT2D eigenvalue weighted by Crippen LogP contribution is -3.11. The van der Waals surface area contributed by atoms with E-state index in [0.717, 1.165) is 54.6 Å². The highest BCUT2D eigenvalue weighted by Gasteiger charge is 2.04. The summed E-state index contributed by atoms with van der Waals surface area (Å²) in [5, 5.41) is 5.29. The quantitative estimate of drug-likeness (QED) is 0.375. The molecule has 0 aliphatic carbocycles. The molecule has 1 aromatic heterocycles. The molecule has 1 heterocycles. The minimum Gasteiger partial charge on any atom is -1.00 e. The van der Waals surface area contributed by atoms with Crippen molar-refractivity contribution in [1.82, 2.24) is 4.98 Å². The smallest absolute Gasteiger partial charge is 0.165 e. The summed E-state index contributed by atoms with van der Waals surface area (Å²) in [4.78, 5) is 11.7. The van der Waals surface area contributed by atoms with Gasteiger partial charge in [0.15, 0.2) is 6.61 Å². The van der Waals surface area contributed by atoms with Crippen LogP contribution in [0.1, 0.15) is 38.4 Å². The second kappa shape index (κ2) is 11.0. The van der Waals surface area contributed by atoms with Crippen molar-refractivity contribution in [1.29, 1.82) is 0 Å². The third kappa shape index (κ3) is 5.77. The number of halogens is 1. The fraction of sp³-hybridized carbons (Fsp3) is 0.474. The van der Waals surface area contributed by atoms with Gasteiger partial charge in [0.1, 0.15) is 6.54 Å². The molecule has 0 radical (unpaired) electrons. The van der Waals surface area contributed by atoms with E-state index in [1.807, 2.05) is 18.3 Å². The average molecular weight is 350 g/mol. The van der Waals surface area contributed by atoms with Crippen molar-refractivity contribution < 1.29 is 22.1 Å². The second-order valence-electron chi connectivity index (χ2n) is 5.74. The number of benzene rings is 1. The van der Waals surface area contributed by atoms with E-state index in [4.69, 9.17) is 9.82 Å². The predicted molar refractivity (Wildman–Crippen MR) is 96.2 cm³/mol. The Labute approximate surface area is 151 Å². The third-order valence-electron chi connectivity index (χ3n) is 4.12. The number of quaternary nitrogens is 1. The molecule has 0 saturated heterocycles. The van der Waals surface area contributed by atoms with Crippen molar-refractivity contribution >= 4 is 17.1 Å². The van der Waals surface area contributed by atoms with Crippen molar-refractivity contribution in [2.24, 2.45) is 5.16 Å². The van der Waals surface area contributed by atoms with Crippen LogP contribution >= 0.6 is 0 Å². The van der Waals surface area contributed by atoms with Gasteiger partial charge in [-0.2, -0.15) is 0 Å². The van der Waals surface area contributed by atoms with Crippen molar-refractivity contribution in [2.45, 2.75) is 33.6 Å². The largest absolute Gasteiger partial charge is 1.00 e. The van der Waals surface area contributed by atoms with Crippen molar-refractivity contribution in [3.05, 3.63) is 41.6 Å². The Kier molecular flexibility index (Phi) is 9.35. The minimum absolute atomic E-state index is 0. The topological polar surface area (TPSA) is 38.9 Å². The summed E-state index contributed by atoms with van der Waals surface area (Å²) in [6, 6.07) is 10.3. The van der Waals surface area contributed by atoms with E-state index in [1.165, 1.54) is 4.90 Å². The Morgan fingerprint density at radius 1 is 1.17 bits per heavy atom. The van der Waals surface area contributed by atoms with Gasteiger partial charge < -0.3 is 22.1 Å². The third-order valence-corrected chi connectivity index (χ3v) is 4.12. The Hall–Kier alpha value is -1.65. The first kappa shape index (κ1) is 20.4. The maximum Gasteiger partial charge on any atom is 0.165 e. The van der Waals surface area contributed by atoms with Crippen LogP contribution < -0.4 is 17.3 Å². The molecule has 24 heavy (non-hydrogen) atoms. The minimum atomic E-state index is 0. The maximum absolute atomic E-state index is 5.45. The maximum atomic E-state index is 5.45. The van der Waals surface area contributed by atoms with Crippen LogP contribution in [0.4, 0.5) is 0 Å². The first-order chi connectivity index (χ1) is 11.3. The zero-order chi connectivity index (χ0) is 16.5. The van der Waals surface area contributed by atoms with Gasteiger partial charge >= 0.3 is 0 Å². The summed E-state index contributed by atoms with van der Waals surface area (Å²) < 4.78 is 0. The second-order valence-corrected chi connectivity index (χ2v) is 5.74. The molecule has 1 N–H and O–H groups in total. The number of nitrogens with zero attached hydrogens (tertiary/aromatic N) is 2. The fourth-order valence-corrected chi connectivity index (χ4v) is 2.69. The van der Waals surface area contributed by atoms with Crippen LogP contribution in [0.5, 0.6) is 0 Å². The summed E-state index contributed by atoms with van der Waals surface area (Å²) in [6.45, 7) is 10.4. The first-order valence-electron chi connectivity index (χ1n) is 8.66. The molecule has 0 aliphatic heterocycles. The van der Waals surface area contributed by atoms with Crippen LogP contribution in [0, 0.1) is 0 Å². The Bertz CT molecular complexity index is 642. The highest BCUT2D eigenvalue weighted by Crippen LogP contribution is 2.17. The van der Waals surface area contributed by atoms with Crippen molar-refractivity contribution in [3.8, 4) is 0 Å². The highest BCUT2D eigenvalue weighted by molar-refractivity contribution is 5.98. The lowest BCUT2D eigenvalue weighted by atomic mass is 10.1. The number of pyridine rings is 1. The number of hydrogen-bond acceptors (Lipinski definition) is 3. The first-order valence-corrected chi connectivity index (χ1v) is 8.66. The summed E-state index contributed by atoms with van der Waals surface area (Å²) in [5.41, 5.74) is 3.21. The number of fused-ring (bicyclic) bond motifs is 1. The summed E-state index contributed by atoms with van der Waals surface area (Å²) >= 11 is 0. The number of aryl methyl sites for hydroxylation is 1. The SMILES string of the molecule is CCCc1cc(/C=N/OCC[NH+](CC)CC)c2ccccc2n1.[Cl-]. The van der Waals surface area contributed by atoms with Crippen LogP contribution in [0.2, 0.25) is 0 Å². The normalized spacial score (nSPS) is 11.2. The van der Waals surface area contributed by atoms with Gasteiger partial charge in [-0.3, -0.25) is 4.98 Å². The molecule has 0 unspecified atom stereocenters. The van der Waals surface area contributed by atoms with Crippen molar-refractivity contribution in [3.63, 3.8) is 0 Å². The molecular formula is C19H28ClN3O. The van der Waals surface area contributed by atoms with E-state index in [1.54, 1.807) is 0 Å². The average Bonchev–Trinajstić information content (AvgIpc) is 2.58. The van der Waals surface area contributed by atoms with Crippen LogP contribution in [0.25, 0.3) is 10.9 Å². The summed E-state index contributed by atoms with van der Waals surface area (Å²) in [5.74, 6) is 0. The summed E-state index contributed by atoms with van der Waals surface area (Å²) in [6.07, 6.45) is 3.89.